The van der Waals surface area contributed by atoms with E-state index in [1.54, 1.807) is 12.3 Å². The van der Waals surface area contributed by atoms with Crippen molar-refractivity contribution in [1.29, 1.82) is 0 Å². The average Bonchev–Trinajstić information content (AvgIpc) is 3.47. The van der Waals surface area contributed by atoms with E-state index in [1.165, 1.54) is 0 Å². The maximum absolute atomic E-state index is 6.33. The molecule has 1 aromatic carbocycles. The van der Waals surface area contributed by atoms with E-state index in [9.17, 15) is 0 Å². The van der Waals surface area contributed by atoms with Crippen LogP contribution in [0.1, 0.15) is 29.4 Å². The number of rotatable bonds is 7. The Morgan fingerprint density at radius 3 is 2.55 bits per heavy atom. The van der Waals surface area contributed by atoms with Crippen molar-refractivity contribution >= 4 is 51.9 Å². The number of aromatic nitrogens is 6. The van der Waals surface area contributed by atoms with Crippen molar-refractivity contribution in [1.82, 2.24) is 29.3 Å². The molecule has 2 N–H and O–H groups in total. The lowest BCUT2D eigenvalue weighted by atomic mass is 10.2. The first-order chi connectivity index (χ1) is 15.8. The van der Waals surface area contributed by atoms with E-state index in [2.05, 4.69) is 32.9 Å². The van der Waals surface area contributed by atoms with Crippen LogP contribution in [0.4, 0.5) is 11.4 Å². The Bertz CT molecular complexity index is 1290. The zero-order chi connectivity index (χ0) is 23.5. The van der Waals surface area contributed by atoms with Gasteiger partial charge in [-0.2, -0.15) is 15.3 Å². The van der Waals surface area contributed by atoms with E-state index in [4.69, 9.17) is 35.4 Å². The van der Waals surface area contributed by atoms with E-state index >= 15 is 0 Å². The Hall–Kier alpha value is -2.88. The lowest BCUT2D eigenvalue weighted by Gasteiger charge is -2.10. The summed E-state index contributed by atoms with van der Waals surface area (Å²) in [4.78, 5) is 0. The first kappa shape index (κ1) is 23.3. The first-order valence-electron chi connectivity index (χ1n) is 10.4. The normalized spacial score (nSPS) is 11.1. The van der Waals surface area contributed by atoms with Crippen LogP contribution in [-0.2, 0) is 19.6 Å². The molecule has 33 heavy (non-hydrogen) atoms. The third-order valence-electron chi connectivity index (χ3n) is 5.20. The summed E-state index contributed by atoms with van der Waals surface area (Å²) in [5, 5.41) is 21.5. The molecule has 0 fully saturated rings. The monoisotopic (exact) mass is 502 g/mol. The van der Waals surface area contributed by atoms with Crippen LogP contribution in [0.2, 0.25) is 10.0 Å². The molecule has 0 aliphatic rings. The lowest BCUT2D eigenvalue weighted by molar-refractivity contribution is 0.654. The summed E-state index contributed by atoms with van der Waals surface area (Å²) < 4.78 is 5.62. The number of halogens is 2. The van der Waals surface area contributed by atoms with Gasteiger partial charge in [0, 0.05) is 34.5 Å². The zero-order valence-corrected chi connectivity index (χ0v) is 20.8. The molecule has 4 aromatic rings. The van der Waals surface area contributed by atoms with Crippen molar-refractivity contribution in [2.45, 2.75) is 40.4 Å². The molecule has 4 rings (SSSR count). The Kier molecular flexibility index (Phi) is 7.02. The van der Waals surface area contributed by atoms with Gasteiger partial charge in [-0.05, 0) is 50.7 Å². The highest BCUT2D eigenvalue weighted by atomic mass is 35.5. The predicted molar refractivity (Wildman–Crippen MR) is 136 cm³/mol. The van der Waals surface area contributed by atoms with Crippen LogP contribution in [0.25, 0.3) is 0 Å². The summed E-state index contributed by atoms with van der Waals surface area (Å²) in [6.07, 6.45) is 7.51. The van der Waals surface area contributed by atoms with E-state index in [-0.39, 0.29) is 0 Å². The minimum absolute atomic E-state index is 0.462. The minimum atomic E-state index is 0.462. The van der Waals surface area contributed by atoms with Crippen molar-refractivity contribution in [3.8, 4) is 0 Å². The van der Waals surface area contributed by atoms with Crippen LogP contribution in [0.15, 0.2) is 43.0 Å². The third-order valence-corrected chi connectivity index (χ3v) is 5.99. The van der Waals surface area contributed by atoms with Crippen molar-refractivity contribution in [2.75, 3.05) is 10.6 Å². The van der Waals surface area contributed by atoms with Crippen LogP contribution < -0.4 is 10.6 Å². The number of hydrogen-bond acceptors (Lipinski definition) is 4. The summed E-state index contributed by atoms with van der Waals surface area (Å²) in [6.45, 7) is 8.00. The van der Waals surface area contributed by atoms with Gasteiger partial charge < -0.3 is 10.6 Å². The second-order valence-electron chi connectivity index (χ2n) is 7.65. The second-order valence-corrected chi connectivity index (χ2v) is 8.90. The molecule has 0 saturated heterocycles. The second kappa shape index (κ2) is 9.94. The molecular formula is C22H24Cl2N8S. The van der Waals surface area contributed by atoms with Gasteiger partial charge >= 0.3 is 0 Å². The Labute approximate surface area is 207 Å². The van der Waals surface area contributed by atoms with Crippen LogP contribution in [0.5, 0.6) is 0 Å². The molecule has 3 heterocycles. The van der Waals surface area contributed by atoms with Gasteiger partial charge in [-0.15, -0.1) is 0 Å². The molecule has 3 aromatic heterocycles. The molecule has 0 aliphatic heterocycles. The summed E-state index contributed by atoms with van der Waals surface area (Å²) >= 11 is 17.9. The summed E-state index contributed by atoms with van der Waals surface area (Å²) in [6, 6.07) is 5.46. The number of thiocarbonyl (C=S) groups is 1. The highest BCUT2D eigenvalue weighted by Gasteiger charge is 2.14. The summed E-state index contributed by atoms with van der Waals surface area (Å²) in [5.74, 6) is 0. The molecule has 0 saturated carbocycles. The van der Waals surface area contributed by atoms with Crippen molar-refractivity contribution in [3.05, 3.63) is 75.5 Å². The molecular weight excluding hydrogens is 479 g/mol. The minimum Gasteiger partial charge on any atom is -0.330 e. The first-order valence-corrected chi connectivity index (χ1v) is 11.6. The van der Waals surface area contributed by atoms with Gasteiger partial charge in [0.2, 0.25) is 0 Å². The van der Waals surface area contributed by atoms with E-state index in [0.29, 0.717) is 28.2 Å². The maximum atomic E-state index is 6.33. The number of hydrogen-bond donors (Lipinski definition) is 2. The van der Waals surface area contributed by atoms with Gasteiger partial charge in [-0.3, -0.25) is 14.0 Å². The molecule has 0 radical (unpaired) electrons. The molecule has 0 spiro atoms. The molecule has 0 unspecified atom stereocenters. The number of aryl methyl sites for hydroxylation is 2. The third kappa shape index (κ3) is 5.55. The SMILES string of the molecule is CCn1cc(Cn2cc(NC(=S)Nc3c(C)nn(Cc4ccc(Cl)cc4Cl)c3C)cn2)cn1. The molecule has 0 amide bonds. The smallest absolute Gasteiger partial charge is 0.175 e. The molecule has 172 valence electrons. The number of anilines is 2. The Morgan fingerprint density at radius 2 is 1.82 bits per heavy atom. The molecule has 0 aliphatic carbocycles. The highest BCUT2D eigenvalue weighted by Crippen LogP contribution is 2.25. The zero-order valence-electron chi connectivity index (χ0n) is 18.5. The van der Waals surface area contributed by atoms with Crippen LogP contribution >= 0.6 is 35.4 Å². The van der Waals surface area contributed by atoms with Gasteiger partial charge in [0.05, 0.1) is 48.2 Å². The summed E-state index contributed by atoms with van der Waals surface area (Å²) in [5.41, 5.74) is 5.47. The number of nitrogens with zero attached hydrogens (tertiary/aromatic N) is 6. The fraction of sp³-hybridized carbons (Fsp3) is 0.273. The molecule has 0 atom stereocenters. The maximum Gasteiger partial charge on any atom is 0.175 e. The van der Waals surface area contributed by atoms with Gasteiger partial charge in [0.15, 0.2) is 5.11 Å². The predicted octanol–water partition coefficient (Wildman–Crippen LogP) is 5.13. The Balaban J connectivity index is 1.40. The standard InChI is InChI=1S/C22H24Cl2N8S/c1-4-30-10-16(8-25-30)11-31-13-19(9-26-31)27-22(33)28-21-14(2)29-32(15(21)3)12-17-5-6-18(23)7-20(17)24/h5-10,13H,4,11-12H2,1-3H3,(H2,27,28,33). The molecule has 8 nitrogen and oxygen atoms in total. The number of benzene rings is 1. The molecule has 0 bridgehead atoms. The van der Waals surface area contributed by atoms with E-state index in [0.717, 1.165) is 40.4 Å². The lowest BCUT2D eigenvalue weighted by Crippen LogP contribution is -2.19. The van der Waals surface area contributed by atoms with E-state index < -0.39 is 0 Å². The highest BCUT2D eigenvalue weighted by molar-refractivity contribution is 7.80. The Morgan fingerprint density at radius 1 is 1.03 bits per heavy atom. The van der Waals surface area contributed by atoms with Gasteiger partial charge in [0.1, 0.15) is 0 Å². The fourth-order valence-corrected chi connectivity index (χ4v) is 4.17. The van der Waals surface area contributed by atoms with Crippen molar-refractivity contribution in [3.63, 3.8) is 0 Å². The average molecular weight is 503 g/mol. The van der Waals surface area contributed by atoms with Gasteiger partial charge in [-0.25, -0.2) is 0 Å². The van der Waals surface area contributed by atoms with Gasteiger partial charge in [-0.1, -0.05) is 29.3 Å². The number of nitrogens with one attached hydrogen (secondary N) is 2. The van der Waals surface area contributed by atoms with E-state index in [1.807, 2.05) is 58.6 Å². The topological polar surface area (TPSA) is 77.5 Å². The fourth-order valence-electron chi connectivity index (χ4n) is 3.48. The van der Waals surface area contributed by atoms with Gasteiger partial charge in [0.25, 0.3) is 0 Å². The van der Waals surface area contributed by atoms with Crippen LogP contribution in [0, 0.1) is 13.8 Å². The summed E-state index contributed by atoms with van der Waals surface area (Å²) in [7, 11) is 0. The van der Waals surface area contributed by atoms with Crippen molar-refractivity contribution < 1.29 is 0 Å². The van der Waals surface area contributed by atoms with Crippen molar-refractivity contribution in [2.24, 2.45) is 0 Å². The van der Waals surface area contributed by atoms with Crippen LogP contribution in [-0.4, -0.2) is 34.5 Å². The van der Waals surface area contributed by atoms with Crippen LogP contribution in [0.3, 0.4) is 0 Å². The molecule has 11 heteroatoms. The largest absolute Gasteiger partial charge is 0.330 e. The quantitative estimate of drug-likeness (QED) is 0.341.